The van der Waals surface area contributed by atoms with Gasteiger partial charge in [0.05, 0.1) is 6.42 Å². The summed E-state index contributed by atoms with van der Waals surface area (Å²) < 4.78 is 0. The second-order valence-corrected chi connectivity index (χ2v) is 4.84. The van der Waals surface area contributed by atoms with E-state index < -0.39 is 5.97 Å². The quantitative estimate of drug-likeness (QED) is 0.680. The first-order chi connectivity index (χ1) is 8.40. The van der Waals surface area contributed by atoms with Crippen molar-refractivity contribution in [1.82, 2.24) is 9.80 Å². The topological polar surface area (TPSA) is 60.9 Å². The van der Waals surface area contributed by atoms with E-state index in [9.17, 15) is 9.59 Å². The minimum Gasteiger partial charge on any atom is -0.481 e. The minimum atomic E-state index is -0.878. The number of unbranched alkanes of at least 4 members (excludes halogenated alkanes) is 2. The smallest absolute Gasteiger partial charge is 0.319 e. The number of aliphatic carboxylic acids is 1. The largest absolute Gasteiger partial charge is 0.481 e. The number of hydrogen-bond donors (Lipinski definition) is 1. The van der Waals surface area contributed by atoms with Gasteiger partial charge in [-0.15, -0.1) is 0 Å². The molecule has 106 valence electrons. The summed E-state index contributed by atoms with van der Waals surface area (Å²) in [6.45, 7) is 7.08. The van der Waals surface area contributed by atoms with Crippen LogP contribution in [-0.2, 0) is 4.79 Å². The lowest BCUT2D eigenvalue weighted by molar-refractivity contribution is -0.137. The first-order valence-corrected chi connectivity index (χ1v) is 6.63. The average Bonchev–Trinajstić information content (AvgIpc) is 2.30. The van der Waals surface area contributed by atoms with Crippen LogP contribution in [0.25, 0.3) is 0 Å². The fourth-order valence-electron chi connectivity index (χ4n) is 1.69. The summed E-state index contributed by atoms with van der Waals surface area (Å²) in [6.07, 6.45) is 3.21. The second kappa shape index (κ2) is 8.78. The van der Waals surface area contributed by atoms with Gasteiger partial charge in [-0.1, -0.05) is 19.8 Å². The molecule has 18 heavy (non-hydrogen) atoms. The highest BCUT2D eigenvalue weighted by atomic mass is 16.4. The number of carbonyl (C=O) groups is 2. The lowest BCUT2D eigenvalue weighted by Crippen LogP contribution is -2.45. The van der Waals surface area contributed by atoms with E-state index in [2.05, 4.69) is 6.92 Å². The Kier molecular flexibility index (Phi) is 8.16. The number of carboxylic acids is 1. The van der Waals surface area contributed by atoms with Gasteiger partial charge < -0.3 is 14.9 Å². The molecule has 5 nitrogen and oxygen atoms in total. The molecule has 0 aliphatic rings. The number of hydrogen-bond acceptors (Lipinski definition) is 2. The molecule has 0 heterocycles. The van der Waals surface area contributed by atoms with Crippen molar-refractivity contribution >= 4 is 12.0 Å². The normalized spacial score (nSPS) is 10.5. The Morgan fingerprint density at radius 1 is 1.17 bits per heavy atom. The molecule has 0 aliphatic heterocycles. The molecule has 0 spiro atoms. The van der Waals surface area contributed by atoms with Crippen molar-refractivity contribution < 1.29 is 14.7 Å². The molecule has 5 heteroatoms. The Morgan fingerprint density at radius 3 is 2.22 bits per heavy atom. The Labute approximate surface area is 110 Å². The highest BCUT2D eigenvalue weighted by Gasteiger charge is 2.20. The van der Waals surface area contributed by atoms with Gasteiger partial charge in [-0.25, -0.2) is 4.79 Å². The van der Waals surface area contributed by atoms with Gasteiger partial charge in [0.2, 0.25) is 0 Å². The van der Waals surface area contributed by atoms with Gasteiger partial charge in [-0.2, -0.15) is 0 Å². The van der Waals surface area contributed by atoms with Crippen molar-refractivity contribution in [1.29, 1.82) is 0 Å². The van der Waals surface area contributed by atoms with Crippen LogP contribution < -0.4 is 0 Å². The van der Waals surface area contributed by atoms with Crippen molar-refractivity contribution in [3.8, 4) is 0 Å². The Balaban J connectivity index is 4.31. The third kappa shape index (κ3) is 6.47. The Morgan fingerprint density at radius 2 is 1.78 bits per heavy atom. The molecular formula is C13H26N2O3. The number of amides is 2. The molecule has 0 aromatic rings. The maximum atomic E-state index is 12.2. The van der Waals surface area contributed by atoms with E-state index in [4.69, 9.17) is 5.11 Å². The van der Waals surface area contributed by atoms with Crippen LogP contribution in [0.4, 0.5) is 4.79 Å². The third-order valence-electron chi connectivity index (χ3n) is 2.86. The van der Waals surface area contributed by atoms with Crippen molar-refractivity contribution in [3.05, 3.63) is 0 Å². The monoisotopic (exact) mass is 258 g/mol. The van der Waals surface area contributed by atoms with Gasteiger partial charge in [0, 0.05) is 26.2 Å². The van der Waals surface area contributed by atoms with Crippen LogP contribution in [0.1, 0.15) is 46.5 Å². The molecule has 0 aromatic carbocycles. The molecule has 0 atom stereocenters. The van der Waals surface area contributed by atoms with Gasteiger partial charge in [0.1, 0.15) is 0 Å². The molecule has 0 fully saturated rings. The molecule has 2 amide bonds. The van der Waals surface area contributed by atoms with Crippen LogP contribution in [0.3, 0.4) is 0 Å². The van der Waals surface area contributed by atoms with Crippen LogP contribution in [0.15, 0.2) is 0 Å². The fraction of sp³-hybridized carbons (Fsp3) is 0.846. The molecular weight excluding hydrogens is 232 g/mol. The highest BCUT2D eigenvalue weighted by molar-refractivity contribution is 5.75. The lowest BCUT2D eigenvalue weighted by Gasteiger charge is -2.31. The third-order valence-corrected chi connectivity index (χ3v) is 2.86. The number of carbonyl (C=O) groups excluding carboxylic acids is 1. The number of carboxylic acid groups (broad SMARTS) is 1. The SMILES string of the molecule is CCCCCN(C(=O)N(C)CCC(=O)O)C(C)C. The molecule has 0 radical (unpaired) electrons. The summed E-state index contributed by atoms with van der Waals surface area (Å²) in [5.41, 5.74) is 0. The zero-order chi connectivity index (χ0) is 14.1. The van der Waals surface area contributed by atoms with Crippen molar-refractivity contribution in [3.63, 3.8) is 0 Å². The van der Waals surface area contributed by atoms with Crippen molar-refractivity contribution in [2.75, 3.05) is 20.1 Å². The Bertz CT molecular complexity index is 267. The van der Waals surface area contributed by atoms with E-state index >= 15 is 0 Å². The second-order valence-electron chi connectivity index (χ2n) is 4.84. The Hall–Kier alpha value is -1.26. The average molecular weight is 258 g/mol. The minimum absolute atomic E-state index is 0.0108. The van der Waals surface area contributed by atoms with E-state index in [1.165, 1.54) is 4.90 Å². The summed E-state index contributed by atoms with van der Waals surface area (Å²) in [5.74, 6) is -0.878. The summed E-state index contributed by atoms with van der Waals surface area (Å²) in [4.78, 5) is 25.9. The van der Waals surface area contributed by atoms with Crippen molar-refractivity contribution in [2.45, 2.75) is 52.5 Å². The summed E-state index contributed by atoms with van der Waals surface area (Å²) in [5, 5.41) is 8.61. The maximum Gasteiger partial charge on any atom is 0.319 e. The molecule has 0 saturated heterocycles. The van der Waals surface area contributed by atoms with Crippen LogP contribution in [0.5, 0.6) is 0 Å². The van der Waals surface area contributed by atoms with Gasteiger partial charge in [-0.05, 0) is 20.3 Å². The molecule has 0 aliphatic carbocycles. The summed E-state index contributed by atoms with van der Waals surface area (Å²) in [6, 6.07) is 0.0592. The van der Waals surface area contributed by atoms with Crippen molar-refractivity contribution in [2.24, 2.45) is 0 Å². The zero-order valence-electron chi connectivity index (χ0n) is 12.0. The lowest BCUT2D eigenvalue weighted by atomic mass is 10.2. The number of rotatable bonds is 8. The molecule has 0 bridgehead atoms. The summed E-state index contributed by atoms with van der Waals surface area (Å²) in [7, 11) is 1.65. The van der Waals surface area contributed by atoms with Gasteiger partial charge in [-0.3, -0.25) is 4.79 Å². The van der Waals surface area contributed by atoms with Gasteiger partial charge in [0.25, 0.3) is 0 Å². The molecule has 0 saturated carbocycles. The van der Waals surface area contributed by atoms with Crippen LogP contribution in [0, 0.1) is 0 Å². The van der Waals surface area contributed by atoms with Gasteiger partial charge in [0.15, 0.2) is 0 Å². The van der Waals surface area contributed by atoms with Crippen LogP contribution >= 0.6 is 0 Å². The predicted octanol–water partition coefficient (Wildman–Crippen LogP) is 2.41. The van der Waals surface area contributed by atoms with Gasteiger partial charge >= 0.3 is 12.0 Å². The predicted molar refractivity (Wildman–Crippen MR) is 71.6 cm³/mol. The molecule has 1 N–H and O–H groups in total. The number of urea groups is 1. The van der Waals surface area contributed by atoms with E-state index in [0.29, 0.717) is 0 Å². The maximum absolute atomic E-state index is 12.2. The summed E-state index contributed by atoms with van der Waals surface area (Å²) >= 11 is 0. The highest BCUT2D eigenvalue weighted by Crippen LogP contribution is 2.07. The van der Waals surface area contributed by atoms with E-state index in [1.54, 1.807) is 11.9 Å². The molecule has 0 unspecified atom stereocenters. The fourth-order valence-corrected chi connectivity index (χ4v) is 1.69. The van der Waals surface area contributed by atoms with Crippen LogP contribution in [0.2, 0.25) is 0 Å². The molecule has 0 rings (SSSR count). The van der Waals surface area contributed by atoms with E-state index in [1.807, 2.05) is 13.8 Å². The first-order valence-electron chi connectivity index (χ1n) is 6.63. The van der Waals surface area contributed by atoms with Crippen LogP contribution in [-0.4, -0.2) is 53.1 Å². The molecule has 0 aromatic heterocycles. The zero-order valence-corrected chi connectivity index (χ0v) is 12.0. The number of nitrogens with zero attached hydrogens (tertiary/aromatic N) is 2. The van der Waals surface area contributed by atoms with E-state index in [0.717, 1.165) is 25.8 Å². The van der Waals surface area contributed by atoms with E-state index in [-0.39, 0.29) is 25.0 Å². The first kappa shape index (κ1) is 16.7. The standard InChI is InChI=1S/C13H26N2O3/c1-5-6-7-9-15(11(2)3)13(18)14(4)10-8-12(16)17/h11H,5-10H2,1-4H3,(H,16,17).